The number of aliphatic hydroxyl groups is 3. The van der Waals surface area contributed by atoms with Gasteiger partial charge in [0.1, 0.15) is 30.5 Å². The summed E-state index contributed by atoms with van der Waals surface area (Å²) >= 11 is 0. The summed E-state index contributed by atoms with van der Waals surface area (Å²) in [6.45, 7) is 3.84. The Bertz CT molecular complexity index is 1380. The lowest BCUT2D eigenvalue weighted by Gasteiger charge is -2.41. The van der Waals surface area contributed by atoms with Crippen LogP contribution in [0.15, 0.2) is 60.8 Å². The molecule has 0 saturated carbocycles. The number of allylic oxidation sites excluding steroid dienone is 10. The summed E-state index contributed by atoms with van der Waals surface area (Å²) in [7, 11) is -5.07. The fourth-order valence-corrected chi connectivity index (χ4v) is 8.23. The molecule has 66 heavy (non-hydrogen) atoms. The third kappa shape index (κ3) is 36.8. The van der Waals surface area contributed by atoms with Crippen molar-refractivity contribution in [3.05, 3.63) is 60.8 Å². The second-order valence-corrected chi connectivity index (χ2v) is 18.8. The first-order valence-corrected chi connectivity index (χ1v) is 27.4. The van der Waals surface area contributed by atoms with Crippen molar-refractivity contribution in [1.29, 1.82) is 0 Å². The maximum Gasteiger partial charge on any atom is 0.397 e. The number of esters is 1. The lowest BCUT2D eigenvalue weighted by molar-refractivity contribution is -0.301. The maximum atomic E-state index is 12.9. The molecule has 0 aromatic carbocycles. The van der Waals surface area contributed by atoms with E-state index in [1.165, 1.54) is 96.3 Å². The Morgan fingerprint density at radius 2 is 1.05 bits per heavy atom. The summed E-state index contributed by atoms with van der Waals surface area (Å²) in [4.78, 5) is 12.9. The minimum atomic E-state index is -5.07. The van der Waals surface area contributed by atoms with E-state index in [0.29, 0.717) is 13.0 Å². The molecule has 1 heterocycles. The molecule has 0 aromatic rings. The first-order chi connectivity index (χ1) is 32.1. The zero-order valence-electron chi connectivity index (χ0n) is 41.2. The molecule has 0 aromatic heterocycles. The molecule has 384 valence electrons. The second kappa shape index (κ2) is 44.0. The minimum Gasteiger partial charge on any atom is -0.457 e. The van der Waals surface area contributed by atoms with Gasteiger partial charge in [0.05, 0.1) is 19.8 Å². The van der Waals surface area contributed by atoms with Crippen LogP contribution in [0.4, 0.5) is 0 Å². The van der Waals surface area contributed by atoms with Gasteiger partial charge in [0, 0.05) is 13.0 Å². The number of aliphatic hydroxyl groups excluding tert-OH is 3. The van der Waals surface area contributed by atoms with Gasteiger partial charge < -0.3 is 34.3 Å². The van der Waals surface area contributed by atoms with E-state index in [4.69, 9.17) is 18.9 Å². The van der Waals surface area contributed by atoms with Crippen LogP contribution in [0.2, 0.25) is 0 Å². The molecule has 1 saturated heterocycles. The highest BCUT2D eigenvalue weighted by molar-refractivity contribution is 7.80. The lowest BCUT2D eigenvalue weighted by Crippen LogP contribution is -2.60. The van der Waals surface area contributed by atoms with Crippen molar-refractivity contribution in [2.45, 2.75) is 243 Å². The maximum absolute atomic E-state index is 12.9. The van der Waals surface area contributed by atoms with E-state index >= 15 is 0 Å². The predicted octanol–water partition coefficient (Wildman–Crippen LogP) is 12.1. The molecule has 6 atom stereocenters. The number of rotatable bonds is 45. The minimum absolute atomic E-state index is 0.0208. The van der Waals surface area contributed by atoms with Crippen LogP contribution in [-0.4, -0.2) is 97.5 Å². The van der Waals surface area contributed by atoms with Crippen molar-refractivity contribution in [2.24, 2.45) is 0 Å². The van der Waals surface area contributed by atoms with Gasteiger partial charge in [0.2, 0.25) is 0 Å². The van der Waals surface area contributed by atoms with E-state index < -0.39 is 59.8 Å². The SMILES string of the molecule is CC/C=C\C/C=C\C/C=C\C/C=C\CCCCCCCOCC(COC1OC(CO)C(O)C(OS(=O)(=O)O)C1O)OC(=O)CCCCCCCCCCC/C=C\CCCCCCCCCC. The van der Waals surface area contributed by atoms with Crippen LogP contribution < -0.4 is 0 Å². The molecule has 0 radical (unpaired) electrons. The number of carbonyl (C=O) groups excluding carboxylic acids is 1. The standard InChI is InChI=1S/C53H94O12S/c1-3-5-7-9-11-13-15-17-19-21-23-24-25-26-28-30-32-34-36-38-40-42-49(55)63-47(46-62-53-51(57)52(65-66(58,59)60)50(56)48(44-54)64-53)45-61-43-41-39-37-35-33-31-29-27-22-20-18-16-14-12-10-8-6-4-2/h6,8,12,14,18,20-21,23,27,29,47-48,50-54,56-57H,3-5,7,9-11,13,15-17,19,22,24-26,28,30-46H2,1-2H3,(H,58,59,60)/b8-6-,14-12-,20-18-,23-21-,29-27-. The van der Waals surface area contributed by atoms with Gasteiger partial charge in [-0.2, -0.15) is 8.42 Å². The van der Waals surface area contributed by atoms with Gasteiger partial charge in [-0.05, 0) is 77.0 Å². The second-order valence-electron chi connectivity index (χ2n) is 17.7. The summed E-state index contributed by atoms with van der Waals surface area (Å²) < 4.78 is 59.2. The molecule has 0 bridgehead atoms. The van der Waals surface area contributed by atoms with Crippen LogP contribution in [0.1, 0.15) is 206 Å². The highest BCUT2D eigenvalue weighted by atomic mass is 32.3. The molecule has 1 fully saturated rings. The molecule has 0 aliphatic carbocycles. The van der Waals surface area contributed by atoms with Crippen molar-refractivity contribution in [2.75, 3.05) is 26.4 Å². The van der Waals surface area contributed by atoms with Gasteiger partial charge in [-0.1, -0.05) is 184 Å². The molecule has 4 N–H and O–H groups in total. The zero-order valence-corrected chi connectivity index (χ0v) is 42.1. The van der Waals surface area contributed by atoms with Gasteiger partial charge in [-0.25, -0.2) is 4.18 Å². The smallest absolute Gasteiger partial charge is 0.397 e. The quantitative estimate of drug-likeness (QED) is 0.0197. The van der Waals surface area contributed by atoms with E-state index in [1.54, 1.807) is 0 Å². The lowest BCUT2D eigenvalue weighted by atomic mass is 9.99. The fraction of sp³-hybridized carbons (Fsp3) is 0.792. The van der Waals surface area contributed by atoms with Gasteiger partial charge in [0.25, 0.3) is 0 Å². The predicted molar refractivity (Wildman–Crippen MR) is 266 cm³/mol. The summed E-state index contributed by atoms with van der Waals surface area (Å²) in [5.74, 6) is -0.409. The molecule has 12 nitrogen and oxygen atoms in total. The first kappa shape index (κ1) is 61.8. The molecule has 13 heteroatoms. The monoisotopic (exact) mass is 955 g/mol. The van der Waals surface area contributed by atoms with E-state index in [-0.39, 0.29) is 19.6 Å². The molecule has 1 aliphatic heterocycles. The third-order valence-corrected chi connectivity index (χ3v) is 12.1. The molecule has 1 aliphatic rings. The molecule has 6 unspecified atom stereocenters. The average molecular weight is 955 g/mol. The van der Waals surface area contributed by atoms with Gasteiger partial charge in [-0.3, -0.25) is 9.35 Å². The molecular formula is C53H94O12S. The normalized spacial score (nSPS) is 20.0. The number of hydrogen-bond acceptors (Lipinski definition) is 11. The zero-order chi connectivity index (χ0) is 48.2. The Morgan fingerprint density at radius 1 is 0.591 bits per heavy atom. The van der Waals surface area contributed by atoms with Gasteiger partial charge in [-0.15, -0.1) is 0 Å². The Kier molecular flexibility index (Phi) is 41.2. The van der Waals surface area contributed by atoms with Crippen LogP contribution in [0, 0.1) is 0 Å². The third-order valence-electron chi connectivity index (χ3n) is 11.6. The largest absolute Gasteiger partial charge is 0.457 e. The van der Waals surface area contributed by atoms with Crippen LogP contribution in [0.25, 0.3) is 0 Å². The van der Waals surface area contributed by atoms with Crippen molar-refractivity contribution < 1.29 is 56.2 Å². The van der Waals surface area contributed by atoms with Crippen molar-refractivity contribution in [3.63, 3.8) is 0 Å². The van der Waals surface area contributed by atoms with E-state index in [9.17, 15) is 33.1 Å². The number of unbranched alkanes of at least 4 members (excludes halogenated alkanes) is 22. The van der Waals surface area contributed by atoms with Crippen molar-refractivity contribution in [3.8, 4) is 0 Å². The number of hydrogen-bond donors (Lipinski definition) is 4. The Morgan fingerprint density at radius 3 is 1.55 bits per heavy atom. The highest BCUT2D eigenvalue weighted by Crippen LogP contribution is 2.26. The van der Waals surface area contributed by atoms with E-state index in [1.807, 2.05) is 0 Å². The number of carbonyl (C=O) groups is 1. The van der Waals surface area contributed by atoms with Crippen LogP contribution in [-0.2, 0) is 38.3 Å². The average Bonchev–Trinajstić information content (AvgIpc) is 3.29. The Labute approximate surface area is 401 Å². The van der Waals surface area contributed by atoms with Crippen LogP contribution in [0.3, 0.4) is 0 Å². The number of ether oxygens (including phenoxy) is 4. The fourth-order valence-electron chi connectivity index (χ4n) is 7.72. The molecular weight excluding hydrogens is 861 g/mol. The van der Waals surface area contributed by atoms with E-state index in [0.717, 1.165) is 83.5 Å². The molecule has 1 rings (SSSR count). The summed E-state index contributed by atoms with van der Waals surface area (Å²) in [6.07, 6.45) is 46.8. The summed E-state index contributed by atoms with van der Waals surface area (Å²) in [6, 6.07) is 0. The van der Waals surface area contributed by atoms with Crippen LogP contribution >= 0.6 is 0 Å². The summed E-state index contributed by atoms with van der Waals surface area (Å²) in [5, 5.41) is 30.8. The molecule has 0 spiro atoms. The van der Waals surface area contributed by atoms with E-state index in [2.05, 4.69) is 78.8 Å². The van der Waals surface area contributed by atoms with Gasteiger partial charge in [0.15, 0.2) is 6.29 Å². The molecule has 0 amide bonds. The first-order valence-electron chi connectivity index (χ1n) is 26.0. The van der Waals surface area contributed by atoms with Crippen LogP contribution in [0.5, 0.6) is 0 Å². The van der Waals surface area contributed by atoms with Gasteiger partial charge >= 0.3 is 16.4 Å². The van der Waals surface area contributed by atoms with Crippen molar-refractivity contribution >= 4 is 16.4 Å². The van der Waals surface area contributed by atoms with Crippen molar-refractivity contribution in [1.82, 2.24) is 0 Å². The topological polar surface area (TPSA) is 178 Å². The summed E-state index contributed by atoms with van der Waals surface area (Å²) in [5.41, 5.74) is 0. The highest BCUT2D eigenvalue weighted by Gasteiger charge is 2.48. The Hall–Kier alpha value is -2.20. The Balaban J connectivity index is 2.37.